The number of benzene rings is 1. The number of aryl methyl sites for hydroxylation is 3. The summed E-state index contributed by atoms with van der Waals surface area (Å²) < 4.78 is 11.0. The lowest BCUT2D eigenvalue weighted by molar-refractivity contribution is -0.118. The van der Waals surface area contributed by atoms with Crippen LogP contribution in [-0.4, -0.2) is 34.6 Å². The van der Waals surface area contributed by atoms with Crippen LogP contribution in [0.25, 0.3) is 0 Å². The highest BCUT2D eigenvalue weighted by atomic mass is 32.2. The predicted octanol–water partition coefficient (Wildman–Crippen LogP) is 4.12. The molecule has 0 saturated carbocycles. The van der Waals surface area contributed by atoms with Crippen LogP contribution in [0.5, 0.6) is 11.5 Å². The van der Waals surface area contributed by atoms with Gasteiger partial charge in [-0.3, -0.25) is 9.78 Å². The zero-order valence-corrected chi connectivity index (χ0v) is 18.2. The Morgan fingerprint density at radius 3 is 2.40 bits per heavy atom. The number of ether oxygens (including phenoxy) is 2. The lowest BCUT2D eigenvalue weighted by atomic mass is 10.2. The molecule has 30 heavy (non-hydrogen) atoms. The van der Waals surface area contributed by atoms with Gasteiger partial charge in [0, 0.05) is 28.9 Å². The number of carbonyl (C=O) groups excluding carboxylic acids is 1. The summed E-state index contributed by atoms with van der Waals surface area (Å²) in [6.07, 6.45) is 1.59. The molecule has 3 rings (SSSR count). The number of pyridine rings is 1. The lowest BCUT2D eigenvalue weighted by Gasteiger charge is -2.12. The quantitative estimate of drug-likeness (QED) is 0.430. The molecule has 0 bridgehead atoms. The van der Waals surface area contributed by atoms with E-state index in [9.17, 15) is 4.79 Å². The fourth-order valence-corrected chi connectivity index (χ4v) is 3.54. The highest BCUT2D eigenvalue weighted by molar-refractivity contribution is 7.98. The maximum atomic E-state index is 12.2. The van der Waals surface area contributed by atoms with Gasteiger partial charge in [-0.2, -0.15) is 0 Å². The molecule has 0 spiro atoms. The van der Waals surface area contributed by atoms with E-state index >= 15 is 0 Å². The van der Waals surface area contributed by atoms with Crippen LogP contribution >= 0.6 is 11.8 Å². The van der Waals surface area contributed by atoms with Gasteiger partial charge in [0.1, 0.15) is 0 Å². The zero-order valence-electron chi connectivity index (χ0n) is 17.4. The summed E-state index contributed by atoms with van der Waals surface area (Å²) in [7, 11) is 1.54. The minimum absolute atomic E-state index is 0.138. The topological polar surface area (TPSA) is 86.2 Å². The fourth-order valence-electron chi connectivity index (χ4n) is 2.68. The molecule has 0 aliphatic heterocycles. The minimum Gasteiger partial charge on any atom is -0.491 e. The highest BCUT2D eigenvalue weighted by Gasteiger charge is 2.11. The maximum absolute atomic E-state index is 12.2. The van der Waals surface area contributed by atoms with Crippen LogP contribution in [0.1, 0.15) is 22.6 Å². The minimum atomic E-state index is -0.253. The summed E-state index contributed by atoms with van der Waals surface area (Å²) in [5.74, 6) is 1.24. The van der Waals surface area contributed by atoms with Gasteiger partial charge in [-0.25, -0.2) is 9.97 Å². The number of nitrogens with one attached hydrogen (secondary N) is 1. The van der Waals surface area contributed by atoms with Crippen molar-refractivity contribution in [2.75, 3.05) is 19.0 Å². The van der Waals surface area contributed by atoms with Crippen LogP contribution in [0.15, 0.2) is 47.8 Å². The molecule has 3 aromatic rings. The molecule has 0 radical (unpaired) electrons. The third-order valence-electron chi connectivity index (χ3n) is 4.11. The average Bonchev–Trinajstić information content (AvgIpc) is 2.72. The van der Waals surface area contributed by atoms with Crippen molar-refractivity contribution < 1.29 is 14.3 Å². The van der Waals surface area contributed by atoms with E-state index in [0.717, 1.165) is 28.3 Å². The van der Waals surface area contributed by atoms with Gasteiger partial charge in [-0.05, 0) is 39.0 Å². The molecule has 7 nitrogen and oxygen atoms in total. The van der Waals surface area contributed by atoms with Crippen LogP contribution < -0.4 is 14.8 Å². The van der Waals surface area contributed by atoms with Crippen molar-refractivity contribution in [2.45, 2.75) is 31.7 Å². The number of hydrogen-bond acceptors (Lipinski definition) is 7. The first-order chi connectivity index (χ1) is 14.4. The lowest BCUT2D eigenvalue weighted by Crippen LogP contribution is -2.20. The van der Waals surface area contributed by atoms with Crippen LogP contribution in [0.4, 0.5) is 5.69 Å². The van der Waals surface area contributed by atoms with Gasteiger partial charge < -0.3 is 14.8 Å². The fraction of sp³-hybridized carbons (Fsp3) is 0.273. The number of aromatic nitrogens is 3. The van der Waals surface area contributed by atoms with Crippen molar-refractivity contribution >= 4 is 23.4 Å². The normalized spacial score (nSPS) is 10.5. The first-order valence-electron chi connectivity index (χ1n) is 9.40. The Hall–Kier alpha value is -3.13. The molecule has 2 heterocycles. The first-order valence-corrected chi connectivity index (χ1v) is 10.4. The second-order valence-electron chi connectivity index (χ2n) is 6.75. The Morgan fingerprint density at radius 1 is 1.03 bits per heavy atom. The van der Waals surface area contributed by atoms with Gasteiger partial charge >= 0.3 is 0 Å². The molecule has 2 aromatic heterocycles. The molecule has 1 N–H and O–H groups in total. The van der Waals surface area contributed by atoms with Crippen molar-refractivity contribution in [3.8, 4) is 11.5 Å². The van der Waals surface area contributed by atoms with E-state index in [1.54, 1.807) is 12.3 Å². The Kier molecular flexibility index (Phi) is 7.24. The Labute approximate surface area is 180 Å². The first kappa shape index (κ1) is 21.6. The molecule has 1 aromatic carbocycles. The molecule has 0 fully saturated rings. The Balaban J connectivity index is 1.62. The van der Waals surface area contributed by atoms with Crippen molar-refractivity contribution in [1.82, 2.24) is 15.0 Å². The van der Waals surface area contributed by atoms with Crippen molar-refractivity contribution in [2.24, 2.45) is 0 Å². The number of carbonyl (C=O) groups is 1. The Morgan fingerprint density at radius 2 is 1.73 bits per heavy atom. The summed E-state index contributed by atoms with van der Waals surface area (Å²) in [6, 6.07) is 11.3. The van der Waals surface area contributed by atoms with Gasteiger partial charge in [0.15, 0.2) is 23.3 Å². The molecule has 0 unspecified atom stereocenters. The van der Waals surface area contributed by atoms with Crippen molar-refractivity contribution in [3.63, 3.8) is 0 Å². The standard InChI is InChI=1S/C22H24N4O3S/c1-14-5-7-17(8-6-14)26-21(27)12-29-19-10-18(23-11-20(19)28-4)13-30-22-24-15(2)9-16(3)25-22/h5-11H,12-13H2,1-4H3,(H,26,27). The van der Waals surface area contributed by atoms with Crippen LogP contribution in [0.2, 0.25) is 0 Å². The molecule has 0 aliphatic rings. The summed E-state index contributed by atoms with van der Waals surface area (Å²) >= 11 is 1.49. The van der Waals surface area contributed by atoms with Crippen molar-refractivity contribution in [3.05, 3.63) is 65.2 Å². The molecule has 0 aliphatic carbocycles. The number of methoxy groups -OCH3 is 1. The Bertz CT molecular complexity index is 1010. The zero-order chi connectivity index (χ0) is 21.5. The third-order valence-corrected chi connectivity index (χ3v) is 4.99. The third kappa shape index (κ3) is 6.18. The van der Waals surface area contributed by atoms with Gasteiger partial charge in [-0.15, -0.1) is 0 Å². The SMILES string of the molecule is COc1cnc(CSc2nc(C)cc(C)n2)cc1OCC(=O)Nc1ccc(C)cc1. The monoisotopic (exact) mass is 424 g/mol. The number of thioether (sulfide) groups is 1. The summed E-state index contributed by atoms with van der Waals surface area (Å²) in [5.41, 5.74) is 4.48. The average molecular weight is 425 g/mol. The molecule has 156 valence electrons. The second-order valence-corrected chi connectivity index (χ2v) is 7.69. The van der Waals surface area contributed by atoms with Gasteiger partial charge in [-0.1, -0.05) is 29.5 Å². The van der Waals surface area contributed by atoms with Crippen LogP contribution in [-0.2, 0) is 10.5 Å². The number of hydrogen-bond donors (Lipinski definition) is 1. The summed E-state index contributed by atoms with van der Waals surface area (Å²) in [4.78, 5) is 25.5. The number of amides is 1. The predicted molar refractivity (Wildman–Crippen MR) is 117 cm³/mol. The van der Waals surface area contributed by atoms with E-state index in [0.29, 0.717) is 22.4 Å². The van der Waals surface area contributed by atoms with E-state index in [1.165, 1.54) is 18.9 Å². The van der Waals surface area contributed by atoms with Gasteiger partial charge in [0.25, 0.3) is 5.91 Å². The van der Waals surface area contributed by atoms with E-state index < -0.39 is 0 Å². The molecule has 1 amide bonds. The van der Waals surface area contributed by atoms with E-state index in [1.807, 2.05) is 51.1 Å². The molecule has 0 saturated heterocycles. The molecular formula is C22H24N4O3S. The van der Waals surface area contributed by atoms with Gasteiger partial charge in [0.2, 0.25) is 0 Å². The number of anilines is 1. The number of rotatable bonds is 8. The second kappa shape index (κ2) is 10.1. The largest absolute Gasteiger partial charge is 0.491 e. The number of nitrogens with zero attached hydrogens (tertiary/aromatic N) is 3. The van der Waals surface area contributed by atoms with E-state index in [2.05, 4.69) is 20.3 Å². The van der Waals surface area contributed by atoms with Crippen LogP contribution in [0.3, 0.4) is 0 Å². The molecular weight excluding hydrogens is 400 g/mol. The highest BCUT2D eigenvalue weighted by Crippen LogP contribution is 2.29. The van der Waals surface area contributed by atoms with E-state index in [4.69, 9.17) is 9.47 Å². The van der Waals surface area contributed by atoms with Crippen molar-refractivity contribution in [1.29, 1.82) is 0 Å². The summed E-state index contributed by atoms with van der Waals surface area (Å²) in [5, 5.41) is 3.51. The maximum Gasteiger partial charge on any atom is 0.262 e. The van der Waals surface area contributed by atoms with Gasteiger partial charge in [0.05, 0.1) is 19.0 Å². The summed E-state index contributed by atoms with van der Waals surface area (Å²) in [6.45, 7) is 5.74. The smallest absolute Gasteiger partial charge is 0.262 e. The molecule has 8 heteroatoms. The molecule has 0 atom stereocenters. The van der Waals surface area contributed by atoms with E-state index in [-0.39, 0.29) is 12.5 Å². The van der Waals surface area contributed by atoms with Crippen LogP contribution in [0, 0.1) is 20.8 Å².